The summed E-state index contributed by atoms with van der Waals surface area (Å²) in [6.45, 7) is 1.94. The molecule has 23 heavy (non-hydrogen) atoms. The molecular formula is C18H18N4S. The Kier molecular flexibility index (Phi) is 4.94. The van der Waals surface area contributed by atoms with Gasteiger partial charge in [-0.1, -0.05) is 23.4 Å². The third-order valence-electron chi connectivity index (χ3n) is 3.88. The van der Waals surface area contributed by atoms with E-state index in [9.17, 15) is 5.26 Å². The van der Waals surface area contributed by atoms with E-state index in [4.69, 9.17) is 0 Å². The van der Waals surface area contributed by atoms with E-state index in [1.54, 1.807) is 17.8 Å². The Labute approximate surface area is 140 Å². The van der Waals surface area contributed by atoms with Crippen molar-refractivity contribution in [3.05, 3.63) is 48.0 Å². The van der Waals surface area contributed by atoms with Crippen LogP contribution in [0.25, 0.3) is 11.1 Å². The Morgan fingerprint density at radius 1 is 1.09 bits per heavy atom. The van der Waals surface area contributed by atoms with Gasteiger partial charge in [-0.25, -0.2) is 0 Å². The molecule has 1 heterocycles. The standard InChI is InChI=1S/C18H18N4S/c1-23-18-7-3-2-6-15(18)16-12-14(13-19)8-9-17(16)20-21-22-10-4-5-11-22/h2-3,6-9,12H,4-5,10-11H2,1H3. The van der Waals surface area contributed by atoms with Crippen LogP contribution in [0.1, 0.15) is 18.4 Å². The highest BCUT2D eigenvalue weighted by Crippen LogP contribution is 2.37. The molecule has 0 spiro atoms. The van der Waals surface area contributed by atoms with Crippen molar-refractivity contribution in [1.82, 2.24) is 5.01 Å². The van der Waals surface area contributed by atoms with E-state index in [1.807, 2.05) is 29.3 Å². The van der Waals surface area contributed by atoms with Crippen molar-refractivity contribution in [2.24, 2.45) is 10.3 Å². The van der Waals surface area contributed by atoms with Gasteiger partial charge in [0.2, 0.25) is 0 Å². The van der Waals surface area contributed by atoms with Gasteiger partial charge in [-0.15, -0.1) is 16.9 Å². The lowest BCUT2D eigenvalue weighted by Gasteiger charge is -2.11. The molecule has 0 aliphatic carbocycles. The smallest absolute Gasteiger partial charge is 0.0991 e. The van der Waals surface area contributed by atoms with Crippen molar-refractivity contribution in [1.29, 1.82) is 5.26 Å². The quantitative estimate of drug-likeness (QED) is 0.585. The number of nitrogens with zero attached hydrogens (tertiary/aromatic N) is 4. The van der Waals surface area contributed by atoms with Gasteiger partial charge in [-0.3, -0.25) is 5.01 Å². The zero-order valence-corrected chi connectivity index (χ0v) is 13.9. The molecule has 0 N–H and O–H groups in total. The van der Waals surface area contributed by atoms with Crippen LogP contribution in [0.5, 0.6) is 0 Å². The van der Waals surface area contributed by atoms with Crippen LogP contribution in [0.15, 0.2) is 57.7 Å². The van der Waals surface area contributed by atoms with E-state index in [0.717, 1.165) is 29.9 Å². The van der Waals surface area contributed by atoms with Crippen molar-refractivity contribution in [2.45, 2.75) is 17.7 Å². The molecule has 0 aromatic heterocycles. The Morgan fingerprint density at radius 2 is 1.87 bits per heavy atom. The van der Waals surface area contributed by atoms with Crippen LogP contribution in [0.4, 0.5) is 5.69 Å². The molecule has 116 valence electrons. The number of benzene rings is 2. The van der Waals surface area contributed by atoms with E-state index >= 15 is 0 Å². The van der Waals surface area contributed by atoms with E-state index in [1.165, 1.54) is 17.7 Å². The highest BCUT2D eigenvalue weighted by Gasteiger charge is 2.12. The van der Waals surface area contributed by atoms with Gasteiger partial charge in [0.1, 0.15) is 0 Å². The molecule has 0 amide bonds. The average molecular weight is 322 g/mol. The van der Waals surface area contributed by atoms with Crippen molar-refractivity contribution in [3.63, 3.8) is 0 Å². The lowest BCUT2D eigenvalue weighted by Crippen LogP contribution is -2.09. The predicted molar refractivity (Wildman–Crippen MR) is 93.7 cm³/mol. The van der Waals surface area contributed by atoms with Gasteiger partial charge >= 0.3 is 0 Å². The lowest BCUT2D eigenvalue weighted by atomic mass is 10.0. The van der Waals surface area contributed by atoms with Crippen molar-refractivity contribution < 1.29 is 0 Å². The Balaban J connectivity index is 2.04. The maximum absolute atomic E-state index is 9.21. The third kappa shape index (κ3) is 3.54. The maximum atomic E-state index is 9.21. The minimum atomic E-state index is 0.635. The zero-order valence-electron chi connectivity index (χ0n) is 13.1. The van der Waals surface area contributed by atoms with Crippen LogP contribution in [-0.4, -0.2) is 24.4 Å². The summed E-state index contributed by atoms with van der Waals surface area (Å²) in [4.78, 5) is 1.17. The fraction of sp³-hybridized carbons (Fsp3) is 0.278. The second-order valence-electron chi connectivity index (χ2n) is 5.39. The molecule has 0 atom stereocenters. The van der Waals surface area contributed by atoms with E-state index < -0.39 is 0 Å². The first-order valence-electron chi connectivity index (χ1n) is 7.66. The van der Waals surface area contributed by atoms with Crippen LogP contribution in [0.2, 0.25) is 0 Å². The predicted octanol–water partition coefficient (Wildman–Crippen LogP) is 5.04. The van der Waals surface area contributed by atoms with Crippen LogP contribution < -0.4 is 0 Å². The topological polar surface area (TPSA) is 51.8 Å². The van der Waals surface area contributed by atoms with E-state index in [0.29, 0.717) is 5.56 Å². The molecule has 0 saturated carbocycles. The highest BCUT2D eigenvalue weighted by molar-refractivity contribution is 7.98. The van der Waals surface area contributed by atoms with Crippen LogP contribution in [-0.2, 0) is 0 Å². The highest BCUT2D eigenvalue weighted by atomic mass is 32.2. The summed E-state index contributed by atoms with van der Waals surface area (Å²) in [7, 11) is 0. The Hall–Kier alpha value is -2.32. The average Bonchev–Trinajstić information content (AvgIpc) is 3.13. The lowest BCUT2D eigenvalue weighted by molar-refractivity contribution is 0.337. The molecule has 0 bridgehead atoms. The van der Waals surface area contributed by atoms with Gasteiger partial charge in [0.25, 0.3) is 0 Å². The molecule has 1 fully saturated rings. The first-order chi connectivity index (χ1) is 11.3. The molecule has 0 unspecified atom stereocenters. The molecule has 4 nitrogen and oxygen atoms in total. The Bertz CT molecular complexity index is 758. The van der Waals surface area contributed by atoms with Gasteiger partial charge in [0.15, 0.2) is 0 Å². The monoisotopic (exact) mass is 322 g/mol. The Morgan fingerprint density at radius 3 is 2.61 bits per heavy atom. The fourth-order valence-electron chi connectivity index (χ4n) is 2.68. The molecule has 1 aliphatic rings. The molecule has 2 aromatic carbocycles. The molecule has 2 aromatic rings. The summed E-state index contributed by atoms with van der Waals surface area (Å²) in [5.41, 5.74) is 3.48. The summed E-state index contributed by atoms with van der Waals surface area (Å²) < 4.78 is 0. The summed E-state index contributed by atoms with van der Waals surface area (Å²) in [6, 6.07) is 16.0. The number of hydrogen-bond acceptors (Lipinski definition) is 4. The van der Waals surface area contributed by atoms with E-state index in [-0.39, 0.29) is 0 Å². The molecule has 3 rings (SSSR count). The van der Waals surface area contributed by atoms with Gasteiger partial charge < -0.3 is 0 Å². The molecule has 1 aliphatic heterocycles. The molecule has 1 saturated heterocycles. The van der Waals surface area contributed by atoms with Gasteiger partial charge in [-0.2, -0.15) is 5.26 Å². The first-order valence-corrected chi connectivity index (χ1v) is 8.88. The van der Waals surface area contributed by atoms with Gasteiger partial charge in [0, 0.05) is 23.5 Å². The largest absolute Gasteiger partial charge is 0.278 e. The summed E-state index contributed by atoms with van der Waals surface area (Å²) in [5, 5.41) is 20.0. The number of nitriles is 1. The van der Waals surface area contributed by atoms with Crippen molar-refractivity contribution in [3.8, 4) is 17.2 Å². The zero-order chi connectivity index (χ0) is 16.1. The molecule has 0 radical (unpaired) electrons. The summed E-state index contributed by atoms with van der Waals surface area (Å²) in [5.74, 6) is 0. The van der Waals surface area contributed by atoms with Crippen LogP contribution >= 0.6 is 11.8 Å². The number of thioether (sulfide) groups is 1. The number of rotatable bonds is 4. The molecular weight excluding hydrogens is 304 g/mol. The minimum Gasteiger partial charge on any atom is -0.278 e. The van der Waals surface area contributed by atoms with Gasteiger partial charge in [0.05, 0.1) is 17.3 Å². The SMILES string of the molecule is CSc1ccccc1-c1cc(C#N)ccc1N=NN1CCCC1. The van der Waals surface area contributed by atoms with Crippen LogP contribution in [0, 0.1) is 11.3 Å². The number of hydrogen-bond donors (Lipinski definition) is 0. The second kappa shape index (κ2) is 7.30. The third-order valence-corrected chi connectivity index (χ3v) is 4.68. The van der Waals surface area contributed by atoms with E-state index in [2.05, 4.69) is 34.8 Å². The second-order valence-corrected chi connectivity index (χ2v) is 6.24. The van der Waals surface area contributed by atoms with Crippen molar-refractivity contribution >= 4 is 17.4 Å². The van der Waals surface area contributed by atoms with Gasteiger partial charge in [-0.05, 0) is 48.9 Å². The van der Waals surface area contributed by atoms with Crippen LogP contribution in [0.3, 0.4) is 0 Å². The fourth-order valence-corrected chi connectivity index (χ4v) is 3.29. The molecule has 5 heteroatoms. The van der Waals surface area contributed by atoms with Crippen molar-refractivity contribution in [2.75, 3.05) is 19.3 Å². The first kappa shape index (κ1) is 15.6. The maximum Gasteiger partial charge on any atom is 0.0991 e. The normalized spacial score (nSPS) is 14.3. The summed E-state index contributed by atoms with van der Waals surface area (Å²) >= 11 is 1.69. The minimum absolute atomic E-state index is 0.635. The summed E-state index contributed by atoms with van der Waals surface area (Å²) in [6.07, 6.45) is 4.40.